The molecule has 0 amide bonds. The van der Waals surface area contributed by atoms with Gasteiger partial charge in [-0.15, -0.1) is 0 Å². The quantitative estimate of drug-likeness (QED) is 0.833. The predicted molar refractivity (Wildman–Crippen MR) is 67.7 cm³/mol. The molecular weight excluding hydrogens is 269 g/mol. The van der Waals surface area contributed by atoms with Gasteiger partial charge in [-0.3, -0.25) is 0 Å². The van der Waals surface area contributed by atoms with Crippen molar-refractivity contribution in [2.75, 3.05) is 0 Å². The molecule has 0 fully saturated rings. The third-order valence-corrected chi connectivity index (χ3v) is 3.35. The van der Waals surface area contributed by atoms with E-state index in [1.54, 1.807) is 6.07 Å². The largest absolute Gasteiger partial charge is 0.309 e. The van der Waals surface area contributed by atoms with Gasteiger partial charge >= 0.3 is 0 Å². The van der Waals surface area contributed by atoms with Gasteiger partial charge < -0.3 is 5.32 Å². The normalized spacial score (nSPS) is 20.0. The topological polar surface area (TPSA) is 12.0 Å². The van der Waals surface area contributed by atoms with Gasteiger partial charge in [0.05, 0.1) is 0 Å². The standard InChI is InChI=1S/C13H15BrFN/c14-11-6-7-13(15)10(8-11)9-16-12-4-2-1-3-5-12/h1-2,6-8,12,16H,3-5,9H2. The van der Waals surface area contributed by atoms with Crippen LogP contribution in [0.5, 0.6) is 0 Å². The minimum absolute atomic E-state index is 0.137. The summed E-state index contributed by atoms with van der Waals surface area (Å²) in [6.45, 7) is 0.601. The van der Waals surface area contributed by atoms with Crippen LogP contribution in [0.1, 0.15) is 24.8 Å². The van der Waals surface area contributed by atoms with E-state index < -0.39 is 0 Å². The van der Waals surface area contributed by atoms with Crippen LogP contribution in [0, 0.1) is 5.82 Å². The van der Waals surface area contributed by atoms with Gasteiger partial charge in [0.2, 0.25) is 0 Å². The highest BCUT2D eigenvalue weighted by Gasteiger charge is 2.10. The predicted octanol–water partition coefficient (Wildman–Crippen LogP) is 3.79. The molecule has 0 aromatic heterocycles. The van der Waals surface area contributed by atoms with Crippen molar-refractivity contribution in [2.24, 2.45) is 0 Å². The van der Waals surface area contributed by atoms with Gasteiger partial charge in [0.25, 0.3) is 0 Å². The van der Waals surface area contributed by atoms with E-state index in [0.29, 0.717) is 12.6 Å². The fourth-order valence-electron chi connectivity index (χ4n) is 1.91. The van der Waals surface area contributed by atoms with E-state index in [4.69, 9.17) is 0 Å². The molecule has 0 radical (unpaired) electrons. The molecule has 1 nitrogen and oxygen atoms in total. The first-order chi connectivity index (χ1) is 7.75. The first-order valence-electron chi connectivity index (χ1n) is 5.58. The second kappa shape index (κ2) is 5.60. The molecular formula is C13H15BrFN. The van der Waals surface area contributed by atoms with Crippen LogP contribution in [-0.2, 0) is 6.54 Å². The second-order valence-electron chi connectivity index (χ2n) is 4.10. The zero-order valence-corrected chi connectivity index (χ0v) is 10.6. The lowest BCUT2D eigenvalue weighted by Gasteiger charge is -2.19. The zero-order valence-electron chi connectivity index (χ0n) is 9.05. The van der Waals surface area contributed by atoms with Crippen LogP contribution in [0.15, 0.2) is 34.8 Å². The van der Waals surface area contributed by atoms with Gasteiger partial charge in [-0.05, 0) is 37.5 Å². The van der Waals surface area contributed by atoms with Gasteiger partial charge in [-0.1, -0.05) is 28.1 Å². The highest BCUT2D eigenvalue weighted by atomic mass is 79.9. The summed E-state index contributed by atoms with van der Waals surface area (Å²) < 4.78 is 14.4. The lowest BCUT2D eigenvalue weighted by atomic mass is 10.0. The van der Waals surface area contributed by atoms with Crippen molar-refractivity contribution in [3.63, 3.8) is 0 Å². The highest BCUT2D eigenvalue weighted by Crippen LogP contribution is 2.17. The SMILES string of the molecule is Fc1ccc(Br)cc1CNC1CC=CCC1. The van der Waals surface area contributed by atoms with E-state index in [-0.39, 0.29) is 5.82 Å². The molecule has 86 valence electrons. The number of halogens is 2. The molecule has 1 atom stereocenters. The van der Waals surface area contributed by atoms with Crippen molar-refractivity contribution >= 4 is 15.9 Å². The van der Waals surface area contributed by atoms with E-state index in [2.05, 4.69) is 33.4 Å². The summed E-state index contributed by atoms with van der Waals surface area (Å²) in [5, 5.41) is 3.39. The summed E-state index contributed by atoms with van der Waals surface area (Å²) in [4.78, 5) is 0. The second-order valence-corrected chi connectivity index (χ2v) is 5.01. The fraction of sp³-hybridized carbons (Fsp3) is 0.385. The average Bonchev–Trinajstić information content (AvgIpc) is 2.32. The van der Waals surface area contributed by atoms with Crippen molar-refractivity contribution in [2.45, 2.75) is 31.8 Å². The van der Waals surface area contributed by atoms with Crippen molar-refractivity contribution in [3.05, 3.63) is 46.2 Å². The van der Waals surface area contributed by atoms with Crippen molar-refractivity contribution in [1.82, 2.24) is 5.32 Å². The van der Waals surface area contributed by atoms with Gasteiger partial charge in [0.1, 0.15) is 5.82 Å². The Morgan fingerprint density at radius 2 is 2.25 bits per heavy atom. The lowest BCUT2D eigenvalue weighted by molar-refractivity contribution is 0.466. The fourth-order valence-corrected chi connectivity index (χ4v) is 2.32. The first-order valence-corrected chi connectivity index (χ1v) is 6.37. The molecule has 0 heterocycles. The number of allylic oxidation sites excluding steroid dienone is 1. The highest BCUT2D eigenvalue weighted by molar-refractivity contribution is 9.10. The van der Waals surface area contributed by atoms with Gasteiger partial charge in [0, 0.05) is 22.6 Å². The minimum atomic E-state index is -0.137. The van der Waals surface area contributed by atoms with E-state index in [9.17, 15) is 4.39 Å². The summed E-state index contributed by atoms with van der Waals surface area (Å²) >= 11 is 3.36. The number of benzene rings is 1. The van der Waals surface area contributed by atoms with Crippen LogP contribution in [0.2, 0.25) is 0 Å². The Morgan fingerprint density at radius 3 is 3.00 bits per heavy atom. The lowest BCUT2D eigenvalue weighted by Crippen LogP contribution is -2.29. The molecule has 0 aliphatic heterocycles. The van der Waals surface area contributed by atoms with Crippen LogP contribution in [0.3, 0.4) is 0 Å². The Morgan fingerprint density at radius 1 is 1.38 bits per heavy atom. The van der Waals surface area contributed by atoms with Crippen LogP contribution in [-0.4, -0.2) is 6.04 Å². The molecule has 3 heteroatoms. The smallest absolute Gasteiger partial charge is 0.127 e. The Kier molecular flexibility index (Phi) is 4.13. The molecule has 16 heavy (non-hydrogen) atoms. The summed E-state index contributed by atoms with van der Waals surface area (Å²) in [7, 11) is 0. The maximum atomic E-state index is 13.4. The zero-order chi connectivity index (χ0) is 11.4. The van der Waals surface area contributed by atoms with Crippen molar-refractivity contribution in [3.8, 4) is 0 Å². The summed E-state index contributed by atoms with van der Waals surface area (Å²) in [6, 6.07) is 5.55. The molecule has 1 N–H and O–H groups in total. The van der Waals surface area contributed by atoms with E-state index >= 15 is 0 Å². The number of rotatable bonds is 3. The number of hydrogen-bond donors (Lipinski definition) is 1. The van der Waals surface area contributed by atoms with Crippen LogP contribution < -0.4 is 5.32 Å². The van der Waals surface area contributed by atoms with E-state index in [1.807, 2.05) is 6.07 Å². The third kappa shape index (κ3) is 3.16. The molecule has 1 aromatic carbocycles. The summed E-state index contributed by atoms with van der Waals surface area (Å²) in [5.41, 5.74) is 0.726. The Labute approximate surface area is 104 Å². The van der Waals surface area contributed by atoms with Gasteiger partial charge in [-0.25, -0.2) is 4.39 Å². The molecule has 1 aliphatic carbocycles. The van der Waals surface area contributed by atoms with Crippen molar-refractivity contribution < 1.29 is 4.39 Å². The maximum absolute atomic E-state index is 13.4. The van der Waals surface area contributed by atoms with Gasteiger partial charge in [-0.2, -0.15) is 0 Å². The van der Waals surface area contributed by atoms with E-state index in [1.165, 1.54) is 6.07 Å². The van der Waals surface area contributed by atoms with E-state index in [0.717, 1.165) is 29.3 Å². The summed E-state index contributed by atoms with van der Waals surface area (Å²) in [5.74, 6) is -0.137. The maximum Gasteiger partial charge on any atom is 0.127 e. The Bertz CT molecular complexity index is 390. The number of hydrogen-bond acceptors (Lipinski definition) is 1. The van der Waals surface area contributed by atoms with Crippen LogP contribution in [0.25, 0.3) is 0 Å². The van der Waals surface area contributed by atoms with Gasteiger partial charge in [0.15, 0.2) is 0 Å². The molecule has 0 bridgehead atoms. The Hall–Kier alpha value is -0.670. The van der Waals surface area contributed by atoms with Crippen LogP contribution in [0.4, 0.5) is 4.39 Å². The molecule has 2 rings (SSSR count). The minimum Gasteiger partial charge on any atom is -0.309 e. The molecule has 1 aromatic rings. The third-order valence-electron chi connectivity index (χ3n) is 2.86. The molecule has 0 saturated heterocycles. The monoisotopic (exact) mass is 283 g/mol. The number of nitrogens with one attached hydrogen (secondary N) is 1. The molecule has 1 aliphatic rings. The first kappa shape index (κ1) is 11.8. The Balaban J connectivity index is 1.93. The average molecular weight is 284 g/mol. The molecule has 0 spiro atoms. The molecule has 1 unspecified atom stereocenters. The van der Waals surface area contributed by atoms with Crippen LogP contribution >= 0.6 is 15.9 Å². The summed E-state index contributed by atoms with van der Waals surface area (Å²) in [6.07, 6.45) is 7.72. The molecule has 0 saturated carbocycles. The van der Waals surface area contributed by atoms with Crippen molar-refractivity contribution in [1.29, 1.82) is 0 Å².